The molecule has 1 saturated heterocycles. The van der Waals surface area contributed by atoms with Gasteiger partial charge >= 0.3 is 0 Å². The van der Waals surface area contributed by atoms with Crippen molar-refractivity contribution in [1.82, 2.24) is 4.31 Å². The van der Waals surface area contributed by atoms with E-state index < -0.39 is 14.9 Å². The lowest BCUT2D eigenvalue weighted by atomic mass is 10.1. The van der Waals surface area contributed by atoms with Gasteiger partial charge in [0, 0.05) is 11.6 Å². The highest BCUT2D eigenvalue weighted by Gasteiger charge is 2.34. The molecule has 0 amide bonds. The van der Waals surface area contributed by atoms with Crippen molar-refractivity contribution in [2.24, 2.45) is 0 Å². The summed E-state index contributed by atoms with van der Waals surface area (Å²) in [6, 6.07) is 13.7. The first kappa shape index (κ1) is 18.5. The molecule has 0 unspecified atom stereocenters. The van der Waals surface area contributed by atoms with Gasteiger partial charge in [-0.15, -0.1) is 0 Å². The maximum absolute atomic E-state index is 12.8. The highest BCUT2D eigenvalue weighted by atomic mass is 32.2. The zero-order valence-corrected chi connectivity index (χ0v) is 15.4. The van der Waals surface area contributed by atoms with E-state index in [1.807, 2.05) is 12.1 Å². The average molecular weight is 376 g/mol. The smallest absolute Gasteiger partial charge is 0.289 e. The van der Waals surface area contributed by atoms with E-state index in [1.54, 1.807) is 0 Å². The van der Waals surface area contributed by atoms with Crippen molar-refractivity contribution in [3.8, 4) is 0 Å². The fourth-order valence-corrected chi connectivity index (χ4v) is 4.86. The van der Waals surface area contributed by atoms with E-state index in [1.165, 1.54) is 44.6 Å². The van der Waals surface area contributed by atoms with E-state index in [0.717, 1.165) is 6.54 Å². The first-order valence-corrected chi connectivity index (χ1v) is 9.95. The summed E-state index contributed by atoms with van der Waals surface area (Å²) in [6.07, 6.45) is 0. The molecule has 0 saturated carbocycles. The fourth-order valence-electron chi connectivity index (χ4n) is 3.26. The molecule has 2 aromatic carbocycles. The van der Waals surface area contributed by atoms with Crippen LogP contribution in [0.15, 0.2) is 53.4 Å². The summed E-state index contributed by atoms with van der Waals surface area (Å²) in [4.78, 5) is 11.6. The van der Waals surface area contributed by atoms with Crippen molar-refractivity contribution in [2.45, 2.75) is 18.4 Å². The van der Waals surface area contributed by atoms with Gasteiger partial charge < -0.3 is 4.90 Å². The number of sulfonamides is 1. The van der Waals surface area contributed by atoms with Gasteiger partial charge in [-0.3, -0.25) is 10.1 Å². The lowest BCUT2D eigenvalue weighted by Gasteiger charge is -2.31. The molecule has 0 radical (unpaired) electrons. The summed E-state index contributed by atoms with van der Waals surface area (Å²) >= 11 is 0. The molecule has 1 N–H and O–H groups in total. The van der Waals surface area contributed by atoms with Gasteiger partial charge in [0.15, 0.2) is 4.90 Å². The van der Waals surface area contributed by atoms with Crippen LogP contribution < -0.4 is 4.90 Å². The molecule has 0 spiro atoms. The summed E-state index contributed by atoms with van der Waals surface area (Å²) in [5.74, 6) is 0. The van der Waals surface area contributed by atoms with Crippen molar-refractivity contribution >= 4 is 15.7 Å². The lowest BCUT2D eigenvalue weighted by molar-refractivity contribution is -0.917. The number of hydrogen-bond donors (Lipinski definition) is 1. The van der Waals surface area contributed by atoms with Crippen LogP contribution in [-0.4, -0.2) is 43.8 Å². The Balaban J connectivity index is 1.72. The molecule has 138 valence electrons. The number of piperazine rings is 1. The summed E-state index contributed by atoms with van der Waals surface area (Å²) in [5.41, 5.74) is 2.12. The van der Waals surface area contributed by atoms with Crippen LogP contribution >= 0.6 is 0 Å². The Kier molecular flexibility index (Phi) is 5.36. The van der Waals surface area contributed by atoms with E-state index in [0.29, 0.717) is 26.2 Å². The Hall–Kier alpha value is -2.29. The normalized spacial score (nSPS) is 16.5. The van der Waals surface area contributed by atoms with Gasteiger partial charge in [-0.1, -0.05) is 36.4 Å². The minimum absolute atomic E-state index is 0.229. The molecule has 8 heteroatoms. The second-order valence-corrected chi connectivity index (χ2v) is 8.39. The van der Waals surface area contributed by atoms with Crippen LogP contribution in [-0.2, 0) is 16.6 Å². The molecule has 1 heterocycles. The number of hydrogen-bond acceptors (Lipinski definition) is 4. The second-order valence-electron chi connectivity index (χ2n) is 6.48. The van der Waals surface area contributed by atoms with Gasteiger partial charge in [0.05, 0.1) is 31.1 Å². The van der Waals surface area contributed by atoms with Crippen molar-refractivity contribution in [3.05, 3.63) is 69.8 Å². The molecule has 1 fully saturated rings. The number of benzene rings is 2. The third kappa shape index (κ3) is 3.77. The van der Waals surface area contributed by atoms with Crippen molar-refractivity contribution in [3.63, 3.8) is 0 Å². The summed E-state index contributed by atoms with van der Waals surface area (Å²) in [5, 5.41) is 11.2. The van der Waals surface area contributed by atoms with Crippen molar-refractivity contribution < 1.29 is 18.2 Å². The van der Waals surface area contributed by atoms with Gasteiger partial charge in [0.2, 0.25) is 10.0 Å². The highest BCUT2D eigenvalue weighted by molar-refractivity contribution is 7.89. The number of aryl methyl sites for hydroxylation is 1. The largest absolute Gasteiger partial charge is 0.329 e. The Morgan fingerprint density at radius 2 is 1.69 bits per heavy atom. The molecule has 0 aliphatic carbocycles. The van der Waals surface area contributed by atoms with Crippen molar-refractivity contribution in [1.29, 1.82) is 0 Å². The van der Waals surface area contributed by atoms with E-state index in [4.69, 9.17) is 0 Å². The summed E-state index contributed by atoms with van der Waals surface area (Å²) in [6.45, 7) is 4.99. The maximum atomic E-state index is 12.8. The van der Waals surface area contributed by atoms with Crippen LogP contribution in [0, 0.1) is 17.0 Å². The average Bonchev–Trinajstić information content (AvgIpc) is 2.64. The highest BCUT2D eigenvalue weighted by Crippen LogP contribution is 2.26. The van der Waals surface area contributed by atoms with E-state index in [2.05, 4.69) is 19.1 Å². The van der Waals surface area contributed by atoms with Gasteiger partial charge in [-0.05, 0) is 18.6 Å². The van der Waals surface area contributed by atoms with E-state index in [9.17, 15) is 18.5 Å². The Morgan fingerprint density at radius 3 is 2.35 bits per heavy atom. The molecule has 0 bridgehead atoms. The summed E-state index contributed by atoms with van der Waals surface area (Å²) < 4.78 is 27.0. The molecule has 26 heavy (non-hydrogen) atoms. The van der Waals surface area contributed by atoms with Crippen LogP contribution in [0.3, 0.4) is 0 Å². The maximum Gasteiger partial charge on any atom is 0.289 e. The standard InChI is InChI=1S/C18H21N3O4S/c1-15-6-2-3-7-16(15)14-19-10-12-20(13-11-19)26(24,25)18-9-5-4-8-17(18)21(22)23/h2-9H,10-14H2,1H3/p+1. The zero-order chi connectivity index (χ0) is 18.7. The minimum atomic E-state index is -3.86. The molecule has 3 rings (SSSR count). The van der Waals surface area contributed by atoms with Gasteiger partial charge in [-0.25, -0.2) is 8.42 Å². The molecule has 1 aliphatic rings. The van der Waals surface area contributed by atoms with Crippen LogP contribution in [0.25, 0.3) is 0 Å². The number of para-hydroxylation sites is 1. The number of nitro groups is 1. The predicted octanol–water partition coefficient (Wildman–Crippen LogP) is 0.993. The van der Waals surface area contributed by atoms with Crippen molar-refractivity contribution in [2.75, 3.05) is 26.2 Å². The lowest BCUT2D eigenvalue weighted by Crippen LogP contribution is -3.13. The first-order chi connectivity index (χ1) is 12.4. The quantitative estimate of drug-likeness (QED) is 0.623. The fraction of sp³-hybridized carbons (Fsp3) is 0.333. The molecule has 0 atom stereocenters. The topological polar surface area (TPSA) is 85.0 Å². The number of nitrogens with zero attached hydrogens (tertiary/aromatic N) is 2. The number of quaternary nitrogens is 1. The van der Waals surface area contributed by atoms with Crippen LogP contribution in [0.4, 0.5) is 5.69 Å². The van der Waals surface area contributed by atoms with Crippen LogP contribution in [0.2, 0.25) is 0 Å². The van der Waals surface area contributed by atoms with Gasteiger partial charge in [-0.2, -0.15) is 4.31 Å². The molecular formula is C18H22N3O4S+. The SMILES string of the molecule is Cc1ccccc1C[NH+]1CCN(S(=O)(=O)c2ccccc2[N+](=O)[O-])CC1. The Bertz CT molecular complexity index is 906. The molecule has 7 nitrogen and oxygen atoms in total. The van der Waals surface area contributed by atoms with E-state index in [-0.39, 0.29) is 10.6 Å². The Morgan fingerprint density at radius 1 is 1.08 bits per heavy atom. The third-order valence-corrected chi connectivity index (χ3v) is 6.76. The zero-order valence-electron chi connectivity index (χ0n) is 14.6. The van der Waals surface area contributed by atoms with Crippen LogP contribution in [0.1, 0.15) is 11.1 Å². The third-order valence-electron chi connectivity index (χ3n) is 4.81. The monoisotopic (exact) mass is 376 g/mol. The second kappa shape index (κ2) is 7.53. The van der Waals surface area contributed by atoms with Gasteiger partial charge in [0.1, 0.15) is 6.54 Å². The predicted molar refractivity (Wildman–Crippen MR) is 97.4 cm³/mol. The number of nitro benzene ring substituents is 1. The first-order valence-electron chi connectivity index (χ1n) is 8.51. The minimum Gasteiger partial charge on any atom is -0.329 e. The number of rotatable bonds is 5. The molecular weight excluding hydrogens is 354 g/mol. The Labute approximate surface area is 153 Å². The van der Waals surface area contributed by atoms with Crippen LogP contribution in [0.5, 0.6) is 0 Å². The molecule has 1 aliphatic heterocycles. The summed E-state index contributed by atoms with van der Waals surface area (Å²) in [7, 11) is -3.86. The molecule has 2 aromatic rings. The number of nitrogens with one attached hydrogen (secondary N) is 1. The molecule has 0 aromatic heterocycles. The van der Waals surface area contributed by atoms with E-state index >= 15 is 0 Å². The van der Waals surface area contributed by atoms with Gasteiger partial charge in [0.25, 0.3) is 5.69 Å².